The Labute approximate surface area is 151 Å². The normalized spacial score (nSPS) is 12.4. The van der Waals surface area contributed by atoms with E-state index in [-0.39, 0.29) is 30.7 Å². The molecule has 1 N–H and O–H groups in total. The average Bonchev–Trinajstić information content (AvgIpc) is 3.09. The predicted octanol–water partition coefficient (Wildman–Crippen LogP) is 1.88. The Morgan fingerprint density at radius 2 is 1.96 bits per heavy atom. The Balaban J connectivity index is 1.59. The molecule has 0 saturated carbocycles. The number of esters is 2. The second-order valence-electron chi connectivity index (χ2n) is 5.76. The van der Waals surface area contributed by atoms with Crippen molar-refractivity contribution in [3.63, 3.8) is 0 Å². The molecule has 2 rings (SSSR count). The molecule has 0 bridgehead atoms. The summed E-state index contributed by atoms with van der Waals surface area (Å²) in [6.45, 7) is 0.0389. The zero-order valence-corrected chi connectivity index (χ0v) is 15.2. The van der Waals surface area contributed by atoms with Crippen molar-refractivity contribution in [2.75, 3.05) is 26.0 Å². The van der Waals surface area contributed by atoms with Crippen molar-refractivity contribution in [2.45, 2.75) is 37.0 Å². The van der Waals surface area contributed by atoms with Gasteiger partial charge in [-0.3, -0.25) is 14.4 Å². The van der Waals surface area contributed by atoms with Gasteiger partial charge >= 0.3 is 11.9 Å². The molecule has 0 spiro atoms. The van der Waals surface area contributed by atoms with Crippen molar-refractivity contribution < 1.29 is 23.9 Å². The van der Waals surface area contributed by atoms with E-state index in [1.54, 1.807) is 0 Å². The standard InChI is InChI=1S/C18H23NO5S/c1-23-17(21)6-3-9-19-16(20)11-24-18(22)12-25-15-8-7-13-4-2-5-14(13)10-15/h7-8,10H,2-6,9,11-12H2,1H3,(H,19,20). The van der Waals surface area contributed by atoms with Crippen molar-refractivity contribution in [3.05, 3.63) is 29.3 Å². The number of carbonyl (C=O) groups excluding carboxylic acids is 3. The van der Waals surface area contributed by atoms with Crippen LogP contribution >= 0.6 is 11.8 Å². The molecule has 0 saturated heterocycles. The van der Waals surface area contributed by atoms with Gasteiger partial charge in [0.2, 0.25) is 0 Å². The van der Waals surface area contributed by atoms with E-state index in [1.807, 2.05) is 6.07 Å². The Morgan fingerprint density at radius 3 is 2.76 bits per heavy atom. The smallest absolute Gasteiger partial charge is 0.316 e. The third-order valence-electron chi connectivity index (χ3n) is 3.90. The molecule has 25 heavy (non-hydrogen) atoms. The maximum absolute atomic E-state index is 11.7. The topological polar surface area (TPSA) is 81.7 Å². The van der Waals surface area contributed by atoms with Crippen LogP contribution in [0.25, 0.3) is 0 Å². The summed E-state index contributed by atoms with van der Waals surface area (Å²) in [5, 5.41) is 2.59. The first-order valence-corrected chi connectivity index (χ1v) is 9.31. The second-order valence-corrected chi connectivity index (χ2v) is 6.81. The van der Waals surface area contributed by atoms with Gasteiger partial charge in [-0.25, -0.2) is 0 Å². The van der Waals surface area contributed by atoms with Gasteiger partial charge in [0.25, 0.3) is 5.91 Å². The highest BCUT2D eigenvalue weighted by Crippen LogP contribution is 2.27. The van der Waals surface area contributed by atoms with Gasteiger partial charge in [0.05, 0.1) is 12.9 Å². The molecule has 1 aliphatic carbocycles. The number of hydrogen-bond donors (Lipinski definition) is 1. The molecule has 0 aliphatic heterocycles. The zero-order chi connectivity index (χ0) is 18.1. The van der Waals surface area contributed by atoms with E-state index in [4.69, 9.17) is 4.74 Å². The summed E-state index contributed by atoms with van der Waals surface area (Å²) in [6.07, 6.45) is 4.16. The quantitative estimate of drug-likeness (QED) is 0.409. The van der Waals surface area contributed by atoms with Gasteiger partial charge in [-0.1, -0.05) is 6.07 Å². The minimum Gasteiger partial charge on any atom is -0.469 e. The highest BCUT2D eigenvalue weighted by atomic mass is 32.2. The van der Waals surface area contributed by atoms with E-state index in [9.17, 15) is 14.4 Å². The van der Waals surface area contributed by atoms with Crippen LogP contribution in [0.15, 0.2) is 23.1 Å². The van der Waals surface area contributed by atoms with Crippen molar-refractivity contribution in [1.29, 1.82) is 0 Å². The number of ether oxygens (including phenoxy) is 2. The van der Waals surface area contributed by atoms with Gasteiger partial charge in [-0.15, -0.1) is 11.8 Å². The lowest BCUT2D eigenvalue weighted by molar-refractivity contribution is -0.145. The molecular formula is C18H23NO5S. The lowest BCUT2D eigenvalue weighted by Crippen LogP contribution is -2.30. The van der Waals surface area contributed by atoms with E-state index >= 15 is 0 Å². The number of methoxy groups -OCH3 is 1. The molecule has 0 fully saturated rings. The maximum atomic E-state index is 11.7. The number of nitrogens with one attached hydrogen (secondary N) is 1. The van der Waals surface area contributed by atoms with Crippen LogP contribution in [-0.4, -0.2) is 43.9 Å². The fourth-order valence-corrected chi connectivity index (χ4v) is 3.34. The molecule has 0 unspecified atom stereocenters. The van der Waals surface area contributed by atoms with Gasteiger partial charge < -0.3 is 14.8 Å². The van der Waals surface area contributed by atoms with Crippen LogP contribution in [0.2, 0.25) is 0 Å². The maximum Gasteiger partial charge on any atom is 0.316 e. The summed E-state index contributed by atoms with van der Waals surface area (Å²) in [7, 11) is 1.32. The van der Waals surface area contributed by atoms with E-state index in [1.165, 1.54) is 36.4 Å². The Bertz CT molecular complexity index is 632. The molecule has 136 valence electrons. The van der Waals surface area contributed by atoms with Crippen LogP contribution in [0.5, 0.6) is 0 Å². The van der Waals surface area contributed by atoms with E-state index in [0.29, 0.717) is 13.0 Å². The molecule has 6 nitrogen and oxygen atoms in total. The fourth-order valence-electron chi connectivity index (χ4n) is 2.58. The molecule has 0 radical (unpaired) electrons. The Kier molecular flexibility index (Phi) is 7.78. The molecule has 0 atom stereocenters. The Hall–Kier alpha value is -2.02. The van der Waals surface area contributed by atoms with Crippen LogP contribution in [0.1, 0.15) is 30.4 Å². The molecular weight excluding hydrogens is 342 g/mol. The first kappa shape index (κ1) is 19.3. The number of aryl methyl sites for hydroxylation is 2. The van der Waals surface area contributed by atoms with Crippen molar-refractivity contribution in [2.24, 2.45) is 0 Å². The minimum atomic E-state index is -0.421. The summed E-state index contributed by atoms with van der Waals surface area (Å²) in [4.78, 5) is 35.2. The fraction of sp³-hybridized carbons (Fsp3) is 0.500. The van der Waals surface area contributed by atoms with Crippen LogP contribution in [-0.2, 0) is 36.7 Å². The van der Waals surface area contributed by atoms with Gasteiger partial charge in [0.15, 0.2) is 6.61 Å². The average molecular weight is 365 g/mol. The van der Waals surface area contributed by atoms with Crippen molar-refractivity contribution in [3.8, 4) is 0 Å². The summed E-state index contributed by atoms with van der Waals surface area (Å²) >= 11 is 1.42. The number of amides is 1. The van der Waals surface area contributed by atoms with E-state index in [0.717, 1.165) is 17.7 Å². The summed E-state index contributed by atoms with van der Waals surface area (Å²) < 4.78 is 9.45. The Morgan fingerprint density at radius 1 is 1.16 bits per heavy atom. The monoisotopic (exact) mass is 365 g/mol. The molecule has 1 aromatic carbocycles. The minimum absolute atomic E-state index is 0.175. The summed E-state index contributed by atoms with van der Waals surface area (Å²) in [5.74, 6) is -0.936. The third-order valence-corrected chi connectivity index (χ3v) is 4.87. The summed E-state index contributed by atoms with van der Waals surface area (Å²) in [5.41, 5.74) is 2.76. The molecule has 7 heteroatoms. The molecule has 0 heterocycles. The first-order valence-electron chi connectivity index (χ1n) is 8.32. The van der Waals surface area contributed by atoms with Gasteiger partial charge in [-0.05, 0) is 48.9 Å². The van der Waals surface area contributed by atoms with Crippen LogP contribution in [0.3, 0.4) is 0 Å². The number of fused-ring (bicyclic) bond motifs is 1. The van der Waals surface area contributed by atoms with Crippen molar-refractivity contribution >= 4 is 29.6 Å². The zero-order valence-electron chi connectivity index (χ0n) is 14.3. The predicted molar refractivity (Wildman–Crippen MR) is 94.4 cm³/mol. The number of rotatable bonds is 9. The van der Waals surface area contributed by atoms with E-state index < -0.39 is 5.97 Å². The molecule has 1 amide bonds. The highest BCUT2D eigenvalue weighted by Gasteiger charge is 2.12. The molecule has 1 aliphatic rings. The number of carbonyl (C=O) groups is 3. The van der Waals surface area contributed by atoms with Crippen molar-refractivity contribution in [1.82, 2.24) is 5.32 Å². The number of hydrogen-bond acceptors (Lipinski definition) is 6. The van der Waals surface area contributed by atoms with E-state index in [2.05, 4.69) is 22.2 Å². The molecule has 0 aromatic heterocycles. The van der Waals surface area contributed by atoms with Gasteiger partial charge in [-0.2, -0.15) is 0 Å². The lowest BCUT2D eigenvalue weighted by Gasteiger charge is -2.07. The highest BCUT2D eigenvalue weighted by molar-refractivity contribution is 8.00. The van der Waals surface area contributed by atoms with Crippen LogP contribution < -0.4 is 5.32 Å². The van der Waals surface area contributed by atoms with Crippen LogP contribution in [0, 0.1) is 0 Å². The van der Waals surface area contributed by atoms with Crippen LogP contribution in [0.4, 0.5) is 0 Å². The lowest BCUT2D eigenvalue weighted by atomic mass is 10.1. The molecule has 1 aromatic rings. The first-order chi connectivity index (χ1) is 12.1. The summed E-state index contributed by atoms with van der Waals surface area (Å²) in [6, 6.07) is 6.28. The third kappa shape index (κ3) is 6.78. The number of benzene rings is 1. The van der Waals surface area contributed by atoms with Gasteiger partial charge in [0.1, 0.15) is 0 Å². The number of thioether (sulfide) groups is 1. The van der Waals surface area contributed by atoms with Gasteiger partial charge in [0, 0.05) is 17.9 Å². The SMILES string of the molecule is COC(=O)CCCNC(=O)COC(=O)CSc1ccc2c(c1)CCC2. The second kappa shape index (κ2) is 10.1. The largest absolute Gasteiger partial charge is 0.469 e.